The van der Waals surface area contributed by atoms with Crippen LogP contribution in [0.3, 0.4) is 0 Å². The van der Waals surface area contributed by atoms with E-state index in [2.05, 4.69) is 22.3 Å². The topological polar surface area (TPSA) is 42.2 Å². The third kappa shape index (κ3) is 2.59. The molecule has 0 spiro atoms. The van der Waals surface area contributed by atoms with E-state index in [4.69, 9.17) is 0 Å². The molecule has 1 N–H and O–H groups in total. The highest BCUT2D eigenvalue weighted by atomic mass is 19.1. The molecule has 0 amide bonds. The minimum Gasteiger partial charge on any atom is -0.370 e. The second-order valence-corrected chi connectivity index (χ2v) is 5.01. The van der Waals surface area contributed by atoms with Crippen LogP contribution in [-0.2, 0) is 0 Å². The Morgan fingerprint density at radius 1 is 1.24 bits per heavy atom. The molecule has 3 aromatic rings. The Balaban J connectivity index is 2.13. The van der Waals surface area contributed by atoms with Crippen molar-refractivity contribution in [1.82, 2.24) is 14.6 Å². The summed E-state index contributed by atoms with van der Waals surface area (Å²) in [5.74, 6) is 0.678. The Morgan fingerprint density at radius 2 is 2.00 bits per heavy atom. The zero-order chi connectivity index (χ0) is 14.8. The first-order valence-corrected chi connectivity index (χ1v) is 7.04. The minimum absolute atomic E-state index is 0.246. The van der Waals surface area contributed by atoms with Gasteiger partial charge in [-0.25, -0.2) is 9.37 Å². The van der Waals surface area contributed by atoms with Crippen LogP contribution in [0, 0.1) is 12.7 Å². The smallest absolute Gasteiger partial charge is 0.165 e. The molecule has 108 valence electrons. The Hall–Kier alpha value is -2.43. The van der Waals surface area contributed by atoms with Crippen molar-refractivity contribution in [3.05, 3.63) is 48.0 Å². The van der Waals surface area contributed by atoms with Crippen LogP contribution in [0.2, 0.25) is 0 Å². The van der Waals surface area contributed by atoms with Crippen LogP contribution in [0.15, 0.2) is 36.5 Å². The van der Waals surface area contributed by atoms with Gasteiger partial charge in [0, 0.05) is 23.9 Å². The van der Waals surface area contributed by atoms with Crippen molar-refractivity contribution in [2.45, 2.75) is 20.3 Å². The van der Waals surface area contributed by atoms with E-state index in [1.807, 2.05) is 13.0 Å². The summed E-state index contributed by atoms with van der Waals surface area (Å²) in [5.41, 5.74) is 3.51. The van der Waals surface area contributed by atoms with Crippen LogP contribution >= 0.6 is 0 Å². The lowest BCUT2D eigenvalue weighted by atomic mass is 10.1. The lowest BCUT2D eigenvalue weighted by Gasteiger charge is -2.08. The normalized spacial score (nSPS) is 11.0. The van der Waals surface area contributed by atoms with Gasteiger partial charge in [0.15, 0.2) is 5.65 Å². The average Bonchev–Trinajstić information content (AvgIpc) is 2.89. The lowest BCUT2D eigenvalue weighted by Crippen LogP contribution is -2.07. The van der Waals surface area contributed by atoms with Crippen molar-refractivity contribution >= 4 is 11.5 Å². The summed E-state index contributed by atoms with van der Waals surface area (Å²) >= 11 is 0. The molecule has 0 saturated heterocycles. The number of aromatic nitrogens is 3. The number of nitrogens with one attached hydrogen (secondary N) is 1. The van der Waals surface area contributed by atoms with Gasteiger partial charge in [-0.15, -0.1) is 0 Å². The number of fused-ring (bicyclic) bond motifs is 1. The molecule has 0 saturated carbocycles. The minimum atomic E-state index is -0.246. The molecule has 0 aliphatic heterocycles. The third-order valence-corrected chi connectivity index (χ3v) is 3.31. The molecule has 4 nitrogen and oxygen atoms in total. The molecule has 0 unspecified atom stereocenters. The molecule has 2 heterocycles. The predicted octanol–water partition coefficient (Wildman–Crippen LogP) is 3.67. The maximum atomic E-state index is 13.1. The summed E-state index contributed by atoms with van der Waals surface area (Å²) in [7, 11) is 0. The fraction of sp³-hybridized carbons (Fsp3) is 0.250. The lowest BCUT2D eigenvalue weighted by molar-refractivity contribution is 0.628. The van der Waals surface area contributed by atoms with E-state index >= 15 is 0 Å². The predicted molar refractivity (Wildman–Crippen MR) is 81.9 cm³/mol. The van der Waals surface area contributed by atoms with Crippen molar-refractivity contribution in [2.75, 3.05) is 11.9 Å². The van der Waals surface area contributed by atoms with E-state index < -0.39 is 0 Å². The SMILES string of the molecule is CCCNc1cc(C)nc2c(-c3ccc(F)cc3)cnn12. The van der Waals surface area contributed by atoms with Gasteiger partial charge in [-0.1, -0.05) is 19.1 Å². The summed E-state index contributed by atoms with van der Waals surface area (Å²) in [6.45, 7) is 4.95. The summed E-state index contributed by atoms with van der Waals surface area (Å²) in [4.78, 5) is 4.57. The molecule has 0 aliphatic carbocycles. The van der Waals surface area contributed by atoms with Gasteiger partial charge in [0.05, 0.1) is 6.20 Å². The number of benzene rings is 1. The second-order valence-electron chi connectivity index (χ2n) is 5.01. The van der Waals surface area contributed by atoms with Crippen molar-refractivity contribution in [1.29, 1.82) is 0 Å². The Labute approximate surface area is 122 Å². The second kappa shape index (κ2) is 5.52. The zero-order valence-corrected chi connectivity index (χ0v) is 12.1. The van der Waals surface area contributed by atoms with E-state index in [0.717, 1.165) is 41.3 Å². The zero-order valence-electron chi connectivity index (χ0n) is 12.1. The molecular formula is C16H17FN4. The summed E-state index contributed by atoms with van der Waals surface area (Å²) < 4.78 is 14.9. The van der Waals surface area contributed by atoms with Gasteiger partial charge in [0.25, 0.3) is 0 Å². The summed E-state index contributed by atoms with van der Waals surface area (Å²) in [5, 5.41) is 7.76. The van der Waals surface area contributed by atoms with Gasteiger partial charge >= 0.3 is 0 Å². The van der Waals surface area contributed by atoms with Crippen molar-refractivity contribution in [3.63, 3.8) is 0 Å². The van der Waals surface area contributed by atoms with E-state index in [9.17, 15) is 4.39 Å². The monoisotopic (exact) mass is 284 g/mol. The molecule has 0 radical (unpaired) electrons. The number of hydrogen-bond donors (Lipinski definition) is 1. The number of halogens is 1. The van der Waals surface area contributed by atoms with Crippen molar-refractivity contribution < 1.29 is 4.39 Å². The Morgan fingerprint density at radius 3 is 2.71 bits per heavy atom. The number of rotatable bonds is 4. The van der Waals surface area contributed by atoms with Crippen LogP contribution in [0.1, 0.15) is 19.0 Å². The Bertz CT molecular complexity index is 762. The molecule has 21 heavy (non-hydrogen) atoms. The maximum Gasteiger partial charge on any atom is 0.165 e. The fourth-order valence-electron chi connectivity index (χ4n) is 2.30. The number of hydrogen-bond acceptors (Lipinski definition) is 3. The van der Waals surface area contributed by atoms with Crippen LogP contribution in [0.4, 0.5) is 10.2 Å². The molecule has 0 atom stereocenters. The van der Waals surface area contributed by atoms with Crippen LogP contribution < -0.4 is 5.32 Å². The van der Waals surface area contributed by atoms with Gasteiger partial charge in [-0.2, -0.15) is 9.61 Å². The summed E-state index contributed by atoms with van der Waals surface area (Å²) in [6, 6.07) is 8.37. The van der Waals surface area contributed by atoms with Crippen LogP contribution in [0.5, 0.6) is 0 Å². The molecule has 0 fully saturated rings. The van der Waals surface area contributed by atoms with Gasteiger partial charge in [-0.05, 0) is 31.0 Å². The first kappa shape index (κ1) is 13.5. The summed E-state index contributed by atoms with van der Waals surface area (Å²) in [6.07, 6.45) is 2.81. The molecule has 0 aliphatic rings. The number of nitrogens with zero attached hydrogens (tertiary/aromatic N) is 3. The highest BCUT2D eigenvalue weighted by Gasteiger charge is 2.11. The highest BCUT2D eigenvalue weighted by molar-refractivity contribution is 5.78. The van der Waals surface area contributed by atoms with Gasteiger partial charge in [-0.3, -0.25) is 0 Å². The van der Waals surface area contributed by atoms with Crippen LogP contribution in [0.25, 0.3) is 16.8 Å². The van der Waals surface area contributed by atoms with Crippen molar-refractivity contribution in [3.8, 4) is 11.1 Å². The molecule has 2 aromatic heterocycles. The van der Waals surface area contributed by atoms with Gasteiger partial charge < -0.3 is 5.32 Å². The number of aryl methyl sites for hydroxylation is 1. The third-order valence-electron chi connectivity index (χ3n) is 3.31. The average molecular weight is 284 g/mol. The first-order valence-electron chi connectivity index (χ1n) is 7.04. The molecule has 0 bridgehead atoms. The first-order chi connectivity index (χ1) is 10.2. The molecule has 5 heteroatoms. The van der Waals surface area contributed by atoms with E-state index in [0.29, 0.717) is 0 Å². The maximum absolute atomic E-state index is 13.1. The number of anilines is 1. The van der Waals surface area contributed by atoms with Crippen molar-refractivity contribution in [2.24, 2.45) is 0 Å². The molecular weight excluding hydrogens is 267 g/mol. The van der Waals surface area contributed by atoms with Gasteiger partial charge in [0.1, 0.15) is 11.6 Å². The Kier molecular flexibility index (Phi) is 3.56. The van der Waals surface area contributed by atoms with E-state index in [-0.39, 0.29) is 5.82 Å². The largest absolute Gasteiger partial charge is 0.370 e. The quantitative estimate of drug-likeness (QED) is 0.795. The molecule has 1 aromatic carbocycles. The fourth-order valence-corrected chi connectivity index (χ4v) is 2.30. The highest BCUT2D eigenvalue weighted by Crippen LogP contribution is 2.25. The standard InChI is InChI=1S/C16H17FN4/c1-3-8-18-15-9-11(2)20-16-14(10-19-21(15)16)12-4-6-13(17)7-5-12/h4-7,9-10,18H,3,8H2,1-2H3. The van der Waals surface area contributed by atoms with Gasteiger partial charge in [0.2, 0.25) is 0 Å². The molecule has 3 rings (SSSR count). The van der Waals surface area contributed by atoms with Crippen LogP contribution in [-0.4, -0.2) is 21.1 Å². The van der Waals surface area contributed by atoms with E-state index in [1.54, 1.807) is 22.8 Å². The van der Waals surface area contributed by atoms with E-state index in [1.165, 1.54) is 12.1 Å².